The molecule has 0 aromatic heterocycles. The van der Waals surface area contributed by atoms with Gasteiger partial charge in [-0.05, 0) is 0 Å². The van der Waals surface area contributed by atoms with E-state index in [4.69, 9.17) is 50.1 Å². The van der Waals surface area contributed by atoms with Gasteiger partial charge in [0.05, 0.1) is 0 Å². The van der Waals surface area contributed by atoms with Crippen LogP contribution in [-0.2, 0) is 0 Å². The molecule has 0 amide bonds. The first-order valence-corrected chi connectivity index (χ1v) is 3.87. The van der Waals surface area contributed by atoms with Gasteiger partial charge in [-0.2, -0.15) is 0 Å². The van der Waals surface area contributed by atoms with Crippen LogP contribution in [0.4, 0.5) is 0 Å². The average Bonchev–Trinajstić information content (AvgIpc) is 2.08. The Morgan fingerprint density at radius 2 is 0.917 bits per heavy atom. The highest BCUT2D eigenvalue weighted by Gasteiger charge is 2.19. The zero-order valence-electron chi connectivity index (χ0n) is 5.48. The summed E-state index contributed by atoms with van der Waals surface area (Å²) in [6.07, 6.45) is 0. The molecule has 0 spiro atoms. The second kappa shape index (κ2) is 3.09. The smallest absolute Gasteiger partial charge is 0.182 e. The van der Waals surface area contributed by atoms with E-state index in [0.29, 0.717) is 0 Å². The van der Waals surface area contributed by atoms with E-state index in [2.05, 4.69) is 0 Å². The Hall–Kier alpha value is -0.510. The summed E-state index contributed by atoms with van der Waals surface area (Å²) < 4.78 is 0. The largest absolute Gasteiger partial charge is 0.505 e. The van der Waals surface area contributed by atoms with Crippen LogP contribution in [0, 0.1) is 0 Å². The molecule has 1 rings (SSSR count). The van der Waals surface area contributed by atoms with E-state index in [1.165, 1.54) is 0 Å². The van der Waals surface area contributed by atoms with E-state index >= 15 is 0 Å². The van der Waals surface area contributed by atoms with Crippen LogP contribution in [0.3, 0.4) is 0 Å². The average molecular weight is 229 g/mol. The second-order valence-corrected chi connectivity index (χ2v) is 3.12. The van der Waals surface area contributed by atoms with Gasteiger partial charge in [0.15, 0.2) is 17.2 Å². The van der Waals surface area contributed by atoms with Gasteiger partial charge in [-0.3, -0.25) is 0 Å². The third kappa shape index (κ3) is 1.24. The van der Waals surface area contributed by atoms with Gasteiger partial charge in [0.1, 0.15) is 15.1 Å². The summed E-state index contributed by atoms with van der Waals surface area (Å²) in [5.41, 5.74) is 0. The van der Waals surface area contributed by atoms with E-state index in [-0.39, 0.29) is 10.0 Å². The van der Waals surface area contributed by atoms with Gasteiger partial charge in [-0.15, -0.1) is 0 Å². The number of hydrogen-bond acceptors (Lipinski definition) is 3. The van der Waals surface area contributed by atoms with Crippen LogP contribution in [0.15, 0.2) is 0 Å². The van der Waals surface area contributed by atoms with Gasteiger partial charge in [0, 0.05) is 0 Å². The molecule has 0 heterocycles. The summed E-state index contributed by atoms with van der Waals surface area (Å²) in [5.74, 6) is -1.90. The lowest BCUT2D eigenvalue weighted by molar-refractivity contribution is 0.397. The van der Waals surface area contributed by atoms with Crippen molar-refractivity contribution in [1.29, 1.82) is 0 Å². The highest BCUT2D eigenvalue weighted by Crippen LogP contribution is 2.49. The minimum atomic E-state index is -0.691. The van der Waals surface area contributed by atoms with E-state index in [0.717, 1.165) is 0 Å². The third-order valence-corrected chi connectivity index (χ3v) is 2.44. The van der Waals surface area contributed by atoms with Crippen molar-refractivity contribution in [3.63, 3.8) is 0 Å². The van der Waals surface area contributed by atoms with Crippen LogP contribution >= 0.6 is 34.8 Å². The summed E-state index contributed by atoms with van der Waals surface area (Å²) in [6, 6.07) is 0. The van der Waals surface area contributed by atoms with E-state index in [1.807, 2.05) is 0 Å². The normalized spacial score (nSPS) is 10.2. The minimum absolute atomic E-state index is 0.294. The number of phenols is 3. The number of aromatic hydroxyl groups is 3. The molecule has 0 radical (unpaired) electrons. The Labute approximate surface area is 82.7 Å². The van der Waals surface area contributed by atoms with Gasteiger partial charge < -0.3 is 15.3 Å². The van der Waals surface area contributed by atoms with Crippen molar-refractivity contribution in [3.8, 4) is 17.2 Å². The maximum Gasteiger partial charge on any atom is 0.182 e. The van der Waals surface area contributed by atoms with E-state index in [1.54, 1.807) is 0 Å². The van der Waals surface area contributed by atoms with E-state index in [9.17, 15) is 0 Å². The van der Waals surface area contributed by atoms with Gasteiger partial charge in [0.2, 0.25) is 0 Å². The maximum atomic E-state index is 9.07. The van der Waals surface area contributed by atoms with Crippen molar-refractivity contribution in [2.45, 2.75) is 0 Å². The van der Waals surface area contributed by atoms with Crippen molar-refractivity contribution in [2.24, 2.45) is 0 Å². The summed E-state index contributed by atoms with van der Waals surface area (Å²) in [5, 5.41) is 26.1. The molecule has 0 aliphatic heterocycles. The molecule has 1 aromatic rings. The monoisotopic (exact) mass is 228 g/mol. The van der Waals surface area contributed by atoms with Gasteiger partial charge in [-0.1, -0.05) is 34.8 Å². The number of hydrogen-bond donors (Lipinski definition) is 3. The zero-order valence-corrected chi connectivity index (χ0v) is 7.74. The molecule has 0 fully saturated rings. The maximum absolute atomic E-state index is 9.07. The molecule has 66 valence electrons. The molecule has 3 N–H and O–H groups in total. The van der Waals surface area contributed by atoms with Crippen LogP contribution in [-0.4, -0.2) is 15.3 Å². The predicted octanol–water partition coefficient (Wildman–Crippen LogP) is 2.76. The molecule has 0 bridgehead atoms. The Balaban J connectivity index is 3.60. The Kier molecular flexibility index (Phi) is 2.46. The summed E-state index contributed by atoms with van der Waals surface area (Å²) >= 11 is 16.2. The SMILES string of the molecule is Oc1c(O)c(Cl)c(Cl)c(O)c1Cl. The van der Waals surface area contributed by atoms with Crippen LogP contribution in [0.2, 0.25) is 15.1 Å². The van der Waals surface area contributed by atoms with Gasteiger partial charge in [-0.25, -0.2) is 0 Å². The topological polar surface area (TPSA) is 60.7 Å². The fraction of sp³-hybridized carbons (Fsp3) is 0. The van der Waals surface area contributed by atoms with Crippen LogP contribution in [0.25, 0.3) is 0 Å². The molecule has 0 atom stereocenters. The lowest BCUT2D eigenvalue weighted by Gasteiger charge is -2.06. The summed E-state index contributed by atoms with van der Waals surface area (Å²) in [7, 11) is 0. The molecule has 12 heavy (non-hydrogen) atoms. The van der Waals surface area contributed by atoms with Crippen molar-refractivity contribution in [2.75, 3.05) is 0 Å². The summed E-state index contributed by atoms with van der Waals surface area (Å²) in [6.45, 7) is 0. The third-order valence-electron chi connectivity index (χ3n) is 1.25. The molecular weight excluding hydrogens is 226 g/mol. The number of phenolic OH excluding ortho intramolecular Hbond substituents is 3. The highest BCUT2D eigenvalue weighted by molar-refractivity contribution is 6.46. The van der Waals surface area contributed by atoms with Crippen LogP contribution in [0.5, 0.6) is 17.2 Å². The van der Waals surface area contributed by atoms with Gasteiger partial charge >= 0.3 is 0 Å². The number of rotatable bonds is 0. The van der Waals surface area contributed by atoms with Crippen molar-refractivity contribution < 1.29 is 15.3 Å². The van der Waals surface area contributed by atoms with Crippen molar-refractivity contribution in [3.05, 3.63) is 15.1 Å². The molecular formula is C6H3Cl3O3. The number of benzene rings is 1. The zero-order chi connectivity index (χ0) is 9.46. The lowest BCUT2D eigenvalue weighted by Crippen LogP contribution is -1.78. The van der Waals surface area contributed by atoms with E-state index < -0.39 is 22.3 Å². The number of halogens is 3. The molecule has 0 unspecified atom stereocenters. The van der Waals surface area contributed by atoms with Crippen molar-refractivity contribution >= 4 is 34.8 Å². The Bertz CT molecular complexity index is 232. The summed E-state index contributed by atoms with van der Waals surface area (Å²) in [4.78, 5) is 0. The molecule has 3 nitrogen and oxygen atoms in total. The predicted molar refractivity (Wildman–Crippen MR) is 46.5 cm³/mol. The van der Waals surface area contributed by atoms with Gasteiger partial charge in [0.25, 0.3) is 0 Å². The first kappa shape index (κ1) is 9.58. The van der Waals surface area contributed by atoms with Crippen molar-refractivity contribution in [1.82, 2.24) is 0 Å². The molecule has 0 aliphatic rings. The fourth-order valence-corrected chi connectivity index (χ4v) is 1.22. The first-order valence-electron chi connectivity index (χ1n) is 2.74. The quantitative estimate of drug-likeness (QED) is 0.364. The Morgan fingerprint density at radius 1 is 0.583 bits per heavy atom. The standard InChI is InChI=1S/C6H3Cl3O3/c7-1-2(8)5(11)6(12)3(9)4(1)10/h10-12H. The molecule has 0 saturated carbocycles. The molecule has 0 saturated heterocycles. The lowest BCUT2D eigenvalue weighted by atomic mass is 10.3. The minimum Gasteiger partial charge on any atom is -0.505 e. The Morgan fingerprint density at radius 3 is 1.42 bits per heavy atom. The fourth-order valence-electron chi connectivity index (χ4n) is 0.624. The molecule has 1 aromatic carbocycles. The first-order chi connectivity index (χ1) is 5.46. The highest BCUT2D eigenvalue weighted by atomic mass is 35.5. The molecule has 6 heteroatoms. The second-order valence-electron chi connectivity index (χ2n) is 1.99. The molecule has 0 aliphatic carbocycles. The van der Waals surface area contributed by atoms with Crippen LogP contribution < -0.4 is 0 Å². The van der Waals surface area contributed by atoms with Crippen LogP contribution in [0.1, 0.15) is 0 Å².